The molecule has 108 valence electrons. The lowest BCUT2D eigenvalue weighted by atomic mass is 10.0. The van der Waals surface area contributed by atoms with Crippen LogP contribution >= 0.6 is 11.3 Å². The number of hydrogen-bond donors (Lipinski definition) is 1. The summed E-state index contributed by atoms with van der Waals surface area (Å²) >= 11 is 1.73. The third kappa shape index (κ3) is 4.43. The van der Waals surface area contributed by atoms with E-state index in [1.165, 1.54) is 29.7 Å². The smallest absolute Gasteiger partial charge is 0.0897 e. The first-order valence-corrected chi connectivity index (χ1v) is 8.30. The number of aryl methyl sites for hydroxylation is 2. The van der Waals surface area contributed by atoms with Crippen LogP contribution in [0.4, 0.5) is 0 Å². The van der Waals surface area contributed by atoms with Gasteiger partial charge in [-0.05, 0) is 31.4 Å². The average Bonchev–Trinajstić information content (AvgIpc) is 2.85. The van der Waals surface area contributed by atoms with E-state index < -0.39 is 0 Å². The molecule has 0 saturated heterocycles. The molecule has 0 spiro atoms. The van der Waals surface area contributed by atoms with E-state index in [0.717, 1.165) is 18.0 Å². The molecule has 1 aromatic carbocycles. The largest absolute Gasteiger partial charge is 0.310 e. The van der Waals surface area contributed by atoms with Gasteiger partial charge >= 0.3 is 0 Å². The lowest BCUT2D eigenvalue weighted by Crippen LogP contribution is -2.21. The summed E-state index contributed by atoms with van der Waals surface area (Å²) in [7, 11) is 0. The fourth-order valence-electron chi connectivity index (χ4n) is 2.32. The summed E-state index contributed by atoms with van der Waals surface area (Å²) in [5, 5.41) is 6.88. The second kappa shape index (κ2) is 7.55. The molecule has 0 saturated carbocycles. The maximum atomic E-state index is 4.49. The van der Waals surface area contributed by atoms with Crippen molar-refractivity contribution < 1.29 is 0 Å². The van der Waals surface area contributed by atoms with Crippen LogP contribution in [-0.2, 0) is 12.8 Å². The van der Waals surface area contributed by atoms with Crippen LogP contribution in [0.3, 0.4) is 0 Å². The highest BCUT2D eigenvalue weighted by atomic mass is 32.1. The van der Waals surface area contributed by atoms with Gasteiger partial charge in [0.05, 0.1) is 10.7 Å². The van der Waals surface area contributed by atoms with E-state index in [1.807, 2.05) is 0 Å². The van der Waals surface area contributed by atoms with E-state index in [-0.39, 0.29) is 0 Å². The zero-order valence-corrected chi connectivity index (χ0v) is 13.5. The van der Waals surface area contributed by atoms with Crippen molar-refractivity contribution in [2.24, 2.45) is 0 Å². The monoisotopic (exact) mass is 288 g/mol. The number of thiazole rings is 1. The Labute approximate surface area is 126 Å². The summed E-state index contributed by atoms with van der Waals surface area (Å²) in [6.45, 7) is 7.47. The Bertz CT molecular complexity index is 516. The Kier molecular flexibility index (Phi) is 5.74. The van der Waals surface area contributed by atoms with Crippen molar-refractivity contribution in [3.05, 3.63) is 51.5 Å². The molecule has 0 bridgehead atoms. The lowest BCUT2D eigenvalue weighted by molar-refractivity contribution is 0.574. The van der Waals surface area contributed by atoms with Crippen LogP contribution in [0.1, 0.15) is 48.1 Å². The molecule has 0 aliphatic heterocycles. The summed E-state index contributed by atoms with van der Waals surface area (Å²) in [4.78, 5) is 4.49. The highest BCUT2D eigenvalue weighted by Crippen LogP contribution is 2.14. The van der Waals surface area contributed by atoms with E-state index in [0.29, 0.717) is 6.04 Å². The maximum absolute atomic E-state index is 4.49. The molecule has 0 aliphatic rings. The van der Waals surface area contributed by atoms with Gasteiger partial charge in [-0.2, -0.15) is 0 Å². The summed E-state index contributed by atoms with van der Waals surface area (Å²) in [5.41, 5.74) is 3.99. The first-order chi connectivity index (χ1) is 9.69. The third-order valence-corrected chi connectivity index (χ3v) is 4.34. The van der Waals surface area contributed by atoms with E-state index in [2.05, 4.69) is 60.7 Å². The van der Waals surface area contributed by atoms with Crippen LogP contribution in [0.25, 0.3) is 0 Å². The molecule has 0 fully saturated rings. The minimum atomic E-state index is 0.394. The minimum Gasteiger partial charge on any atom is -0.310 e. The van der Waals surface area contributed by atoms with Gasteiger partial charge in [0.25, 0.3) is 0 Å². The van der Waals surface area contributed by atoms with Crippen LogP contribution in [0, 0.1) is 6.92 Å². The fraction of sp³-hybridized carbons (Fsp3) is 0.471. The number of aromatic nitrogens is 1. The molecular weight excluding hydrogens is 264 g/mol. The molecule has 1 atom stereocenters. The Morgan fingerprint density at radius 2 is 1.95 bits per heavy atom. The van der Waals surface area contributed by atoms with Crippen molar-refractivity contribution in [1.29, 1.82) is 0 Å². The quantitative estimate of drug-likeness (QED) is 0.821. The molecule has 0 aliphatic carbocycles. The highest BCUT2D eigenvalue weighted by molar-refractivity contribution is 7.09. The maximum Gasteiger partial charge on any atom is 0.0897 e. The van der Waals surface area contributed by atoms with Crippen molar-refractivity contribution in [1.82, 2.24) is 10.3 Å². The van der Waals surface area contributed by atoms with Gasteiger partial charge < -0.3 is 5.32 Å². The molecule has 2 rings (SSSR count). The Balaban J connectivity index is 1.80. The second-order valence-electron chi connectivity index (χ2n) is 5.28. The van der Waals surface area contributed by atoms with Gasteiger partial charge in [0, 0.05) is 24.4 Å². The molecule has 2 nitrogen and oxygen atoms in total. The van der Waals surface area contributed by atoms with E-state index in [9.17, 15) is 0 Å². The number of hydrogen-bond acceptors (Lipinski definition) is 3. The molecule has 0 radical (unpaired) electrons. The Morgan fingerprint density at radius 1 is 1.20 bits per heavy atom. The van der Waals surface area contributed by atoms with Gasteiger partial charge in [-0.3, -0.25) is 0 Å². The topological polar surface area (TPSA) is 24.9 Å². The molecule has 1 heterocycles. The number of benzene rings is 1. The zero-order chi connectivity index (χ0) is 14.4. The molecule has 1 unspecified atom stereocenters. The van der Waals surface area contributed by atoms with Crippen molar-refractivity contribution in [2.75, 3.05) is 6.54 Å². The van der Waals surface area contributed by atoms with E-state index >= 15 is 0 Å². The Morgan fingerprint density at radius 3 is 2.55 bits per heavy atom. The molecule has 3 heteroatoms. The SMILES string of the molecule is CCCc1ccc(C(C)NCCc2csc(C)n2)cc1. The van der Waals surface area contributed by atoms with Crippen LogP contribution in [-0.4, -0.2) is 11.5 Å². The first-order valence-electron chi connectivity index (χ1n) is 7.42. The number of rotatable bonds is 7. The Hall–Kier alpha value is -1.19. The van der Waals surface area contributed by atoms with Crippen LogP contribution in [0.2, 0.25) is 0 Å². The number of nitrogens with one attached hydrogen (secondary N) is 1. The van der Waals surface area contributed by atoms with Crippen molar-refractivity contribution in [3.8, 4) is 0 Å². The van der Waals surface area contributed by atoms with Gasteiger partial charge in [0.1, 0.15) is 0 Å². The second-order valence-corrected chi connectivity index (χ2v) is 6.34. The predicted octanol–water partition coefficient (Wildman–Crippen LogP) is 4.30. The van der Waals surface area contributed by atoms with E-state index in [4.69, 9.17) is 0 Å². The molecular formula is C17H24N2S. The van der Waals surface area contributed by atoms with Crippen LogP contribution in [0.15, 0.2) is 29.6 Å². The highest BCUT2D eigenvalue weighted by Gasteiger charge is 2.05. The lowest BCUT2D eigenvalue weighted by Gasteiger charge is -2.14. The minimum absolute atomic E-state index is 0.394. The first kappa shape index (κ1) is 15.2. The van der Waals surface area contributed by atoms with Crippen LogP contribution < -0.4 is 5.32 Å². The van der Waals surface area contributed by atoms with Gasteiger partial charge in [0.2, 0.25) is 0 Å². The summed E-state index contributed by atoms with van der Waals surface area (Å²) < 4.78 is 0. The average molecular weight is 288 g/mol. The molecule has 20 heavy (non-hydrogen) atoms. The number of nitrogens with zero attached hydrogens (tertiary/aromatic N) is 1. The van der Waals surface area contributed by atoms with Crippen LogP contribution in [0.5, 0.6) is 0 Å². The van der Waals surface area contributed by atoms with E-state index in [1.54, 1.807) is 11.3 Å². The molecule has 1 N–H and O–H groups in total. The third-order valence-electron chi connectivity index (χ3n) is 3.52. The molecule has 0 amide bonds. The van der Waals surface area contributed by atoms with Gasteiger partial charge in [-0.25, -0.2) is 4.98 Å². The van der Waals surface area contributed by atoms with Gasteiger partial charge in [0.15, 0.2) is 0 Å². The normalized spacial score (nSPS) is 12.6. The predicted molar refractivity (Wildman–Crippen MR) is 87.4 cm³/mol. The molecule has 1 aromatic heterocycles. The summed E-state index contributed by atoms with van der Waals surface area (Å²) in [5.74, 6) is 0. The van der Waals surface area contributed by atoms with Crippen molar-refractivity contribution >= 4 is 11.3 Å². The zero-order valence-electron chi connectivity index (χ0n) is 12.6. The molecule has 2 aromatic rings. The van der Waals surface area contributed by atoms with Gasteiger partial charge in [-0.1, -0.05) is 37.6 Å². The summed E-state index contributed by atoms with van der Waals surface area (Å²) in [6, 6.07) is 9.39. The summed E-state index contributed by atoms with van der Waals surface area (Å²) in [6.07, 6.45) is 3.38. The van der Waals surface area contributed by atoms with Crippen molar-refractivity contribution in [2.45, 2.75) is 46.1 Å². The van der Waals surface area contributed by atoms with Crippen molar-refractivity contribution in [3.63, 3.8) is 0 Å². The van der Waals surface area contributed by atoms with Gasteiger partial charge in [-0.15, -0.1) is 11.3 Å². The fourth-order valence-corrected chi connectivity index (χ4v) is 2.97. The standard InChI is InChI=1S/C17H24N2S/c1-4-5-15-6-8-16(9-7-15)13(2)18-11-10-17-12-20-14(3)19-17/h6-9,12-13,18H,4-5,10-11H2,1-3H3.